The van der Waals surface area contributed by atoms with Gasteiger partial charge in [-0.05, 0) is 0 Å². The maximum Gasteiger partial charge on any atom is 0.339 e. The van der Waals surface area contributed by atoms with Crippen molar-refractivity contribution in [2.75, 3.05) is 38.2 Å². The Balaban J connectivity index is -0.000000176. The van der Waals surface area contributed by atoms with Gasteiger partial charge in [0.15, 0.2) is 0 Å². The zero-order valence-electron chi connectivity index (χ0n) is 17.6. The van der Waals surface area contributed by atoms with Crippen molar-refractivity contribution in [1.29, 1.82) is 0 Å². The molecule has 0 aliphatic heterocycles. The molecule has 0 fully saturated rings. The van der Waals surface area contributed by atoms with Crippen molar-refractivity contribution in [3.05, 3.63) is 0 Å². The number of hydrogen-bond acceptors (Lipinski definition) is 6. The molecule has 0 unspecified atom stereocenters. The monoisotopic (exact) mass is 608 g/mol. The fourth-order valence-corrected chi connectivity index (χ4v) is 5.06. The number of nitrogens with zero attached hydrogens (tertiary/aromatic N) is 2. The van der Waals surface area contributed by atoms with Gasteiger partial charge in [-0.1, -0.05) is 0 Å². The zero-order valence-corrected chi connectivity index (χ0v) is 33.5. The number of hydrogen-bond donors (Lipinski definition) is 8. The third-order valence-corrected chi connectivity index (χ3v) is 5.34. The third-order valence-electron chi connectivity index (χ3n) is 2.27. The van der Waals surface area contributed by atoms with Crippen LogP contribution in [-0.2, 0) is 18.3 Å². The SMILES string of the molecule is O=P(O)(O)CN(CCN(CP(=O)(O)O)CP(=O)(O)O)CP(=O)(O)O.[Ca].[Ca].[Na].[Na].[Na].[Na]. The Morgan fingerprint density at radius 3 is 0.667 bits per heavy atom. The largest absolute Gasteiger partial charge is 0.339 e. The van der Waals surface area contributed by atoms with Gasteiger partial charge in [-0.25, -0.2) is 0 Å². The molecule has 0 rings (SSSR count). The Morgan fingerprint density at radius 2 is 0.567 bits per heavy atom. The van der Waals surface area contributed by atoms with Gasteiger partial charge in [0, 0.05) is 207 Å². The van der Waals surface area contributed by atoms with Crippen LogP contribution in [0.3, 0.4) is 0 Å². The van der Waals surface area contributed by atoms with Crippen LogP contribution in [0.2, 0.25) is 0 Å². The average Bonchev–Trinajstić information content (AvgIpc) is 2.16. The molecule has 0 aromatic rings. The molecular formula is C6H20Ca2N2Na4O12P4. The molecule has 0 aromatic heterocycles. The molecule has 0 atom stereocenters. The van der Waals surface area contributed by atoms with Gasteiger partial charge in [-0.15, -0.1) is 0 Å². The maximum atomic E-state index is 11.0. The van der Waals surface area contributed by atoms with Crippen LogP contribution in [0.25, 0.3) is 0 Å². The molecule has 154 valence electrons. The molecule has 0 aliphatic carbocycles. The summed E-state index contributed by atoms with van der Waals surface area (Å²) in [6, 6.07) is 0. The van der Waals surface area contributed by atoms with E-state index in [0.717, 1.165) is 0 Å². The molecule has 0 spiro atoms. The summed E-state index contributed by atoms with van der Waals surface area (Å²) in [6.45, 7) is -1.01. The molecule has 0 bridgehead atoms. The molecule has 0 aliphatic rings. The average molecular weight is 608 g/mol. The molecule has 0 amide bonds. The molecule has 8 N–H and O–H groups in total. The summed E-state index contributed by atoms with van der Waals surface area (Å²) in [6.07, 6.45) is -4.18. The van der Waals surface area contributed by atoms with Gasteiger partial charge in [0.2, 0.25) is 0 Å². The summed E-state index contributed by atoms with van der Waals surface area (Å²) in [5.74, 6) is 0. The summed E-state index contributed by atoms with van der Waals surface area (Å²) in [5, 5.41) is 0. The van der Waals surface area contributed by atoms with E-state index in [0.29, 0.717) is 9.80 Å². The Morgan fingerprint density at radius 1 is 0.433 bits per heavy atom. The Hall–Kier alpha value is 7.04. The van der Waals surface area contributed by atoms with Crippen molar-refractivity contribution in [1.82, 2.24) is 9.80 Å². The molecule has 24 heteroatoms. The second-order valence-electron chi connectivity index (χ2n) is 5.01. The smallest absolute Gasteiger partial charge is 0.324 e. The second-order valence-corrected chi connectivity index (χ2v) is 11.5. The first-order valence-corrected chi connectivity index (χ1v) is 13.2. The van der Waals surface area contributed by atoms with Gasteiger partial charge in [0.1, 0.15) is 25.1 Å². The topological polar surface area (TPSA) is 237 Å². The molecule has 14 nitrogen and oxygen atoms in total. The molecule has 0 saturated heterocycles. The minimum Gasteiger partial charge on any atom is -0.324 e. The van der Waals surface area contributed by atoms with Crippen LogP contribution < -0.4 is 0 Å². The van der Waals surface area contributed by atoms with Crippen LogP contribution in [0.15, 0.2) is 0 Å². The van der Waals surface area contributed by atoms with Gasteiger partial charge < -0.3 is 39.1 Å². The van der Waals surface area contributed by atoms with Crippen molar-refractivity contribution in [2.45, 2.75) is 0 Å². The fourth-order valence-electron chi connectivity index (χ4n) is 1.70. The van der Waals surface area contributed by atoms with E-state index >= 15 is 0 Å². The summed E-state index contributed by atoms with van der Waals surface area (Å²) < 4.78 is 43.9. The minimum atomic E-state index is -4.69. The van der Waals surface area contributed by atoms with Crippen LogP contribution in [0.4, 0.5) is 0 Å². The minimum absolute atomic E-state index is 0. The van der Waals surface area contributed by atoms with Gasteiger partial charge >= 0.3 is 30.4 Å². The van der Waals surface area contributed by atoms with E-state index in [2.05, 4.69) is 0 Å². The van der Waals surface area contributed by atoms with Gasteiger partial charge in [-0.2, -0.15) is 0 Å². The van der Waals surface area contributed by atoms with E-state index in [4.69, 9.17) is 39.1 Å². The quantitative estimate of drug-likeness (QED) is 0.0822. The van der Waals surface area contributed by atoms with Crippen LogP contribution in [-0.4, -0.2) is 281 Å². The summed E-state index contributed by atoms with van der Waals surface area (Å²) in [7, 11) is -18.8. The van der Waals surface area contributed by atoms with E-state index in [1.54, 1.807) is 0 Å². The third kappa shape index (κ3) is 39.6. The Labute approximate surface area is 322 Å². The predicted molar refractivity (Wildman–Crippen MR) is 116 cm³/mol. The van der Waals surface area contributed by atoms with Crippen molar-refractivity contribution in [2.24, 2.45) is 0 Å². The first kappa shape index (κ1) is 53.3. The summed E-state index contributed by atoms with van der Waals surface area (Å²) in [5.41, 5.74) is 0. The van der Waals surface area contributed by atoms with E-state index in [9.17, 15) is 18.3 Å². The predicted octanol–water partition coefficient (Wildman–Crippen LogP) is -4.15. The zero-order chi connectivity index (χ0) is 19.4. The standard InChI is InChI=1S/C6H20N2O12P4.2Ca.4Na/c9-21(10,11)3-7(4-22(12,13)14)1-2-8(5-23(15,16)17)6-24(18,19)20;;;;;;/h1-6H2,(H2,9,10,11)(H2,12,13,14)(H2,15,16,17)(H2,18,19,20);;;;;;. The first-order chi connectivity index (χ1) is 10.4. The van der Waals surface area contributed by atoms with Gasteiger partial charge in [0.25, 0.3) is 0 Å². The van der Waals surface area contributed by atoms with Crippen molar-refractivity contribution >= 4 is 224 Å². The van der Waals surface area contributed by atoms with E-state index in [1.807, 2.05) is 0 Å². The molecule has 0 saturated carbocycles. The summed E-state index contributed by atoms with van der Waals surface area (Å²) >= 11 is 0. The van der Waals surface area contributed by atoms with Crippen LogP contribution in [0.1, 0.15) is 0 Å². The van der Waals surface area contributed by atoms with Gasteiger partial charge in [0.05, 0.1) is 0 Å². The van der Waals surface area contributed by atoms with E-state index in [-0.39, 0.29) is 194 Å². The summed E-state index contributed by atoms with van der Waals surface area (Å²) in [4.78, 5) is 72.3. The van der Waals surface area contributed by atoms with Gasteiger partial charge in [-0.3, -0.25) is 28.1 Å². The van der Waals surface area contributed by atoms with Crippen molar-refractivity contribution in [3.63, 3.8) is 0 Å². The van der Waals surface area contributed by atoms with E-state index in [1.165, 1.54) is 0 Å². The molecule has 30 heavy (non-hydrogen) atoms. The molecule has 0 aromatic carbocycles. The molecule has 0 heterocycles. The van der Waals surface area contributed by atoms with Crippen molar-refractivity contribution in [3.8, 4) is 0 Å². The normalized spacial score (nSPS) is 11.7. The molecule has 8 radical (unpaired) electrons. The molecular weight excluding hydrogens is 588 g/mol. The maximum absolute atomic E-state index is 11.0. The Bertz CT molecular complexity index is 514. The van der Waals surface area contributed by atoms with Crippen LogP contribution in [0, 0.1) is 0 Å². The Kier molecular flexibility index (Phi) is 42.4. The fraction of sp³-hybridized carbons (Fsp3) is 1.00. The van der Waals surface area contributed by atoms with Crippen LogP contribution in [0.5, 0.6) is 0 Å². The second kappa shape index (κ2) is 23.9. The van der Waals surface area contributed by atoms with Crippen molar-refractivity contribution < 1.29 is 57.4 Å². The van der Waals surface area contributed by atoms with Crippen LogP contribution >= 0.6 is 30.4 Å². The first-order valence-electron chi connectivity index (χ1n) is 5.99. The van der Waals surface area contributed by atoms with E-state index < -0.39 is 68.6 Å². The number of rotatable bonds is 11.